The molecular weight excluding hydrogens is 493 g/mol. The third kappa shape index (κ3) is 5.69. The molecule has 0 bridgehead atoms. The van der Waals surface area contributed by atoms with Crippen molar-refractivity contribution >= 4 is 57.1 Å². The van der Waals surface area contributed by atoms with Crippen LogP contribution in [0.5, 0.6) is 0 Å². The number of benzene rings is 3. The van der Waals surface area contributed by atoms with E-state index in [1.165, 1.54) is 29.5 Å². The minimum Gasteiger partial charge on any atom is -0.325 e. The number of hydrogen-bond donors (Lipinski definition) is 2. The fourth-order valence-corrected chi connectivity index (χ4v) is 5.24. The van der Waals surface area contributed by atoms with Gasteiger partial charge in [-0.05, 0) is 79.6 Å². The third-order valence-corrected chi connectivity index (χ3v) is 7.41. The maximum Gasteiger partial charge on any atom is 0.237 e. The Morgan fingerprint density at radius 1 is 1.06 bits per heavy atom. The summed E-state index contributed by atoms with van der Waals surface area (Å²) in [6.45, 7) is 3.88. The van der Waals surface area contributed by atoms with Crippen molar-refractivity contribution in [3.8, 4) is 10.6 Å². The number of hydrogen-bond acceptors (Lipinski definition) is 6. The Morgan fingerprint density at radius 3 is 2.61 bits per heavy atom. The predicted octanol–water partition coefficient (Wildman–Crippen LogP) is 6.82. The van der Waals surface area contributed by atoms with Crippen molar-refractivity contribution in [2.75, 3.05) is 5.32 Å². The van der Waals surface area contributed by atoms with Crippen LogP contribution in [0.4, 0.5) is 10.1 Å². The number of thiazole rings is 1. The Morgan fingerprint density at radius 2 is 1.83 bits per heavy atom. The molecule has 9 heteroatoms. The normalized spacial score (nSPS) is 12.3. The standard InChI is InChI=1S/C27H22FN5OS2/c1-16-3-13-22-23(15-16)36-26(30-22)19-7-11-21(12-8-19)29-25(34)17(2)35-27-31-24(32-33-27)14-6-18-4-9-20(28)10-5-18/h3-15,17H,1-2H3,(H,29,34)(H,31,32,33)/b14-6+. The molecule has 2 aromatic heterocycles. The van der Waals surface area contributed by atoms with E-state index in [2.05, 4.69) is 39.6 Å². The minimum absolute atomic E-state index is 0.142. The molecule has 0 saturated heterocycles. The number of carbonyl (C=O) groups excluding carboxylic acids is 1. The van der Waals surface area contributed by atoms with Gasteiger partial charge in [0.05, 0.1) is 15.5 Å². The van der Waals surface area contributed by atoms with Gasteiger partial charge in [0.25, 0.3) is 0 Å². The molecule has 5 rings (SSSR count). The summed E-state index contributed by atoms with van der Waals surface area (Å²) < 4.78 is 14.2. The quantitative estimate of drug-likeness (QED) is 0.232. The number of amides is 1. The van der Waals surface area contributed by atoms with E-state index < -0.39 is 5.25 Å². The van der Waals surface area contributed by atoms with Gasteiger partial charge in [-0.25, -0.2) is 14.4 Å². The molecule has 0 saturated carbocycles. The SMILES string of the molecule is Cc1ccc2nc(-c3ccc(NC(=O)C(C)Sc4n[nH]c(/C=C/c5ccc(F)cc5)n4)cc3)sc2c1. The van der Waals surface area contributed by atoms with Gasteiger partial charge in [0.15, 0.2) is 0 Å². The number of anilines is 1. The highest BCUT2D eigenvalue weighted by molar-refractivity contribution is 8.00. The van der Waals surface area contributed by atoms with Gasteiger partial charge in [-0.15, -0.1) is 16.4 Å². The lowest BCUT2D eigenvalue weighted by Gasteiger charge is -2.10. The maximum absolute atomic E-state index is 13.0. The van der Waals surface area contributed by atoms with Crippen LogP contribution in [0.1, 0.15) is 23.9 Å². The Labute approximate surface area is 215 Å². The largest absolute Gasteiger partial charge is 0.325 e. The van der Waals surface area contributed by atoms with Crippen LogP contribution in [-0.2, 0) is 4.79 Å². The van der Waals surface area contributed by atoms with E-state index >= 15 is 0 Å². The van der Waals surface area contributed by atoms with Gasteiger partial charge < -0.3 is 5.32 Å². The van der Waals surface area contributed by atoms with Crippen molar-refractivity contribution in [2.24, 2.45) is 0 Å². The second-order valence-corrected chi connectivity index (χ2v) is 10.5. The molecule has 5 aromatic rings. The van der Waals surface area contributed by atoms with Crippen LogP contribution >= 0.6 is 23.1 Å². The van der Waals surface area contributed by atoms with Gasteiger partial charge in [-0.3, -0.25) is 9.89 Å². The smallest absolute Gasteiger partial charge is 0.237 e. The van der Waals surface area contributed by atoms with Crippen molar-refractivity contribution in [3.05, 3.63) is 89.5 Å². The Bertz CT molecular complexity index is 1540. The monoisotopic (exact) mass is 515 g/mol. The summed E-state index contributed by atoms with van der Waals surface area (Å²) >= 11 is 2.92. The lowest BCUT2D eigenvalue weighted by Crippen LogP contribution is -2.22. The zero-order chi connectivity index (χ0) is 25.1. The van der Waals surface area contributed by atoms with E-state index in [4.69, 9.17) is 4.98 Å². The molecule has 2 N–H and O–H groups in total. The zero-order valence-corrected chi connectivity index (χ0v) is 21.2. The number of fused-ring (bicyclic) bond motifs is 1. The molecule has 0 radical (unpaired) electrons. The van der Waals surface area contributed by atoms with Crippen molar-refractivity contribution in [1.29, 1.82) is 0 Å². The number of halogens is 1. The number of H-pyrrole nitrogens is 1. The summed E-state index contributed by atoms with van der Waals surface area (Å²) in [5.41, 5.74) is 4.77. The predicted molar refractivity (Wildman–Crippen MR) is 145 cm³/mol. The first-order valence-corrected chi connectivity index (χ1v) is 12.9. The number of aromatic nitrogens is 4. The number of aromatic amines is 1. The number of nitrogens with zero attached hydrogens (tertiary/aromatic N) is 3. The molecule has 180 valence electrons. The molecule has 36 heavy (non-hydrogen) atoms. The Hall–Kier alpha value is -3.82. The van der Waals surface area contributed by atoms with Crippen molar-refractivity contribution in [3.63, 3.8) is 0 Å². The van der Waals surface area contributed by atoms with Crippen LogP contribution in [-0.4, -0.2) is 31.3 Å². The van der Waals surface area contributed by atoms with Crippen LogP contribution in [0.2, 0.25) is 0 Å². The maximum atomic E-state index is 13.0. The zero-order valence-electron chi connectivity index (χ0n) is 19.5. The summed E-state index contributed by atoms with van der Waals surface area (Å²) in [5.74, 6) is 0.128. The average Bonchev–Trinajstić information content (AvgIpc) is 3.50. The number of aryl methyl sites for hydroxylation is 1. The van der Waals surface area contributed by atoms with Gasteiger partial charge in [0.1, 0.15) is 16.6 Å². The van der Waals surface area contributed by atoms with Crippen LogP contribution in [0, 0.1) is 12.7 Å². The summed E-state index contributed by atoms with van der Waals surface area (Å²) in [7, 11) is 0. The fourth-order valence-electron chi connectivity index (χ4n) is 3.44. The first-order chi connectivity index (χ1) is 17.4. The molecule has 0 aliphatic carbocycles. The summed E-state index contributed by atoms with van der Waals surface area (Å²) in [4.78, 5) is 21.8. The van der Waals surface area contributed by atoms with Crippen molar-refractivity contribution < 1.29 is 9.18 Å². The lowest BCUT2D eigenvalue weighted by atomic mass is 10.2. The average molecular weight is 516 g/mol. The highest BCUT2D eigenvalue weighted by atomic mass is 32.2. The van der Waals surface area contributed by atoms with Gasteiger partial charge >= 0.3 is 0 Å². The van der Waals surface area contributed by atoms with Crippen molar-refractivity contribution in [2.45, 2.75) is 24.3 Å². The van der Waals surface area contributed by atoms with Crippen LogP contribution < -0.4 is 5.32 Å². The first-order valence-electron chi connectivity index (χ1n) is 11.2. The van der Waals surface area contributed by atoms with Gasteiger partial charge in [0.2, 0.25) is 11.1 Å². The third-order valence-electron chi connectivity index (χ3n) is 5.38. The number of nitrogens with one attached hydrogen (secondary N) is 2. The summed E-state index contributed by atoms with van der Waals surface area (Å²) in [6, 6.07) is 20.1. The van der Waals surface area contributed by atoms with E-state index in [0.29, 0.717) is 16.7 Å². The van der Waals surface area contributed by atoms with E-state index in [1.807, 2.05) is 43.3 Å². The van der Waals surface area contributed by atoms with E-state index in [-0.39, 0.29) is 11.7 Å². The number of thioether (sulfide) groups is 1. The lowest BCUT2D eigenvalue weighted by molar-refractivity contribution is -0.115. The topological polar surface area (TPSA) is 83.6 Å². The molecule has 3 aromatic carbocycles. The molecule has 2 heterocycles. The van der Waals surface area contributed by atoms with Crippen LogP contribution in [0.25, 0.3) is 32.9 Å². The molecule has 6 nitrogen and oxygen atoms in total. The second kappa shape index (κ2) is 10.4. The van der Waals surface area contributed by atoms with Crippen LogP contribution in [0.3, 0.4) is 0 Å². The summed E-state index contributed by atoms with van der Waals surface area (Å²) in [5, 5.41) is 11.0. The molecule has 0 aliphatic rings. The molecule has 0 spiro atoms. The number of carbonyl (C=O) groups is 1. The summed E-state index contributed by atoms with van der Waals surface area (Å²) in [6.07, 6.45) is 3.56. The Balaban J connectivity index is 1.18. The number of rotatable bonds is 7. The Kier molecular flexibility index (Phi) is 6.92. The van der Waals surface area contributed by atoms with Crippen molar-refractivity contribution in [1.82, 2.24) is 20.2 Å². The van der Waals surface area contributed by atoms with Gasteiger partial charge in [-0.2, -0.15) is 0 Å². The highest BCUT2D eigenvalue weighted by Gasteiger charge is 2.17. The molecule has 1 atom stereocenters. The van der Waals surface area contributed by atoms with E-state index in [9.17, 15) is 9.18 Å². The first kappa shape index (κ1) is 23.9. The molecule has 1 amide bonds. The highest BCUT2D eigenvalue weighted by Crippen LogP contribution is 2.31. The van der Waals surface area contributed by atoms with E-state index in [0.717, 1.165) is 26.4 Å². The van der Waals surface area contributed by atoms with Gasteiger partial charge in [0, 0.05) is 11.3 Å². The van der Waals surface area contributed by atoms with E-state index in [1.54, 1.807) is 29.5 Å². The molecule has 1 unspecified atom stereocenters. The second-order valence-electron chi connectivity index (χ2n) is 8.20. The molecule has 0 fully saturated rings. The van der Waals surface area contributed by atoms with Crippen LogP contribution in [0.15, 0.2) is 71.9 Å². The fraction of sp³-hybridized carbons (Fsp3) is 0.111. The minimum atomic E-state index is -0.401. The molecular formula is C27H22FN5OS2. The van der Waals surface area contributed by atoms with Gasteiger partial charge in [-0.1, -0.05) is 36.0 Å². The molecule has 0 aliphatic heterocycles.